The van der Waals surface area contributed by atoms with Crippen molar-refractivity contribution in [3.8, 4) is 0 Å². The molecule has 0 saturated heterocycles. The molecule has 1 aromatic rings. The number of guanidine groups is 1. The number of aliphatic imine (C=N–C) groups is 1. The summed E-state index contributed by atoms with van der Waals surface area (Å²) >= 11 is 0. The van der Waals surface area contributed by atoms with Crippen molar-refractivity contribution >= 4 is 29.9 Å². The first-order valence-corrected chi connectivity index (χ1v) is 8.42. The van der Waals surface area contributed by atoms with E-state index in [4.69, 9.17) is 4.74 Å². The third-order valence-corrected chi connectivity index (χ3v) is 3.43. The third kappa shape index (κ3) is 11.4. The van der Waals surface area contributed by atoms with Crippen molar-refractivity contribution in [3.05, 3.63) is 35.9 Å². The molecule has 0 saturated carbocycles. The highest BCUT2D eigenvalue weighted by atomic mass is 127. The molecule has 1 aromatic carbocycles. The molecule has 0 spiro atoms. The van der Waals surface area contributed by atoms with Crippen LogP contribution in [0.2, 0.25) is 0 Å². The standard InChI is InChI=1S/C18H31N3O.HI/c1-4-16(3)21-18(19-5-2)20-13-9-14-22-15-12-17-10-7-6-8-11-17;/h6-8,10-11,16H,4-5,9,12-15H2,1-3H3,(H2,19,20,21);1H. The van der Waals surface area contributed by atoms with Crippen molar-refractivity contribution in [2.45, 2.75) is 46.1 Å². The molecular weight excluding hydrogens is 401 g/mol. The van der Waals surface area contributed by atoms with Crippen LogP contribution >= 0.6 is 24.0 Å². The van der Waals surface area contributed by atoms with Gasteiger partial charge in [0, 0.05) is 25.7 Å². The van der Waals surface area contributed by atoms with Crippen LogP contribution in [-0.4, -0.2) is 38.3 Å². The van der Waals surface area contributed by atoms with Gasteiger partial charge in [0.15, 0.2) is 5.96 Å². The molecule has 4 nitrogen and oxygen atoms in total. The molecule has 0 aliphatic rings. The maximum absolute atomic E-state index is 5.67. The molecule has 0 radical (unpaired) electrons. The Kier molecular flexibility index (Phi) is 14.2. The average molecular weight is 433 g/mol. The third-order valence-electron chi connectivity index (χ3n) is 3.43. The van der Waals surface area contributed by atoms with Crippen LogP contribution in [0.5, 0.6) is 0 Å². The van der Waals surface area contributed by atoms with Crippen molar-refractivity contribution in [3.63, 3.8) is 0 Å². The van der Waals surface area contributed by atoms with Gasteiger partial charge in [0.05, 0.1) is 6.61 Å². The van der Waals surface area contributed by atoms with Gasteiger partial charge in [-0.1, -0.05) is 37.3 Å². The van der Waals surface area contributed by atoms with E-state index in [2.05, 4.69) is 60.7 Å². The van der Waals surface area contributed by atoms with Crippen LogP contribution in [0.3, 0.4) is 0 Å². The first-order valence-electron chi connectivity index (χ1n) is 8.42. The topological polar surface area (TPSA) is 45.7 Å². The van der Waals surface area contributed by atoms with Crippen molar-refractivity contribution < 1.29 is 4.74 Å². The molecule has 0 amide bonds. The number of nitrogens with zero attached hydrogens (tertiary/aromatic N) is 1. The zero-order valence-electron chi connectivity index (χ0n) is 14.7. The molecule has 0 aromatic heterocycles. The Morgan fingerprint density at radius 1 is 1.17 bits per heavy atom. The normalized spacial score (nSPS) is 12.4. The molecule has 0 heterocycles. The van der Waals surface area contributed by atoms with E-state index < -0.39 is 0 Å². The molecule has 5 heteroatoms. The Morgan fingerprint density at radius 3 is 2.57 bits per heavy atom. The van der Waals surface area contributed by atoms with Crippen LogP contribution in [0.4, 0.5) is 0 Å². The Bertz CT molecular complexity index is 412. The van der Waals surface area contributed by atoms with E-state index in [1.54, 1.807) is 0 Å². The Labute approximate surface area is 158 Å². The average Bonchev–Trinajstić information content (AvgIpc) is 2.54. The van der Waals surface area contributed by atoms with Crippen LogP contribution < -0.4 is 10.6 Å². The van der Waals surface area contributed by atoms with Gasteiger partial charge in [-0.05, 0) is 38.7 Å². The summed E-state index contributed by atoms with van der Waals surface area (Å²) in [5, 5.41) is 6.66. The van der Waals surface area contributed by atoms with E-state index in [1.165, 1.54) is 5.56 Å². The van der Waals surface area contributed by atoms with Crippen LogP contribution in [0.1, 0.15) is 39.2 Å². The van der Waals surface area contributed by atoms with E-state index in [1.807, 2.05) is 6.07 Å². The number of ether oxygens (including phenoxy) is 1. The molecule has 1 atom stereocenters. The van der Waals surface area contributed by atoms with E-state index in [0.29, 0.717) is 6.04 Å². The zero-order chi connectivity index (χ0) is 16.0. The molecule has 1 rings (SSSR count). The molecular formula is C18H32IN3O. The van der Waals surface area contributed by atoms with Crippen LogP contribution in [0.25, 0.3) is 0 Å². The first-order chi connectivity index (χ1) is 10.8. The van der Waals surface area contributed by atoms with Crippen molar-refractivity contribution in [2.24, 2.45) is 4.99 Å². The second-order valence-corrected chi connectivity index (χ2v) is 5.42. The number of hydrogen-bond donors (Lipinski definition) is 2. The SMILES string of the molecule is CCNC(=NCCCOCCc1ccccc1)NC(C)CC.I. The van der Waals surface area contributed by atoms with Gasteiger partial charge in [0.2, 0.25) is 0 Å². The highest BCUT2D eigenvalue weighted by molar-refractivity contribution is 14.0. The van der Waals surface area contributed by atoms with E-state index in [9.17, 15) is 0 Å². The van der Waals surface area contributed by atoms with Crippen LogP contribution in [0, 0.1) is 0 Å². The molecule has 132 valence electrons. The van der Waals surface area contributed by atoms with Gasteiger partial charge in [0.1, 0.15) is 0 Å². The summed E-state index contributed by atoms with van der Waals surface area (Å²) in [5.74, 6) is 0.904. The Hall–Kier alpha value is -0.820. The fraction of sp³-hybridized carbons (Fsp3) is 0.611. The smallest absolute Gasteiger partial charge is 0.191 e. The van der Waals surface area contributed by atoms with Crippen LogP contribution in [-0.2, 0) is 11.2 Å². The molecule has 0 aliphatic carbocycles. The number of hydrogen-bond acceptors (Lipinski definition) is 2. The highest BCUT2D eigenvalue weighted by Crippen LogP contribution is 1.99. The van der Waals surface area contributed by atoms with Crippen molar-refractivity contribution in [1.82, 2.24) is 10.6 Å². The lowest BCUT2D eigenvalue weighted by atomic mass is 10.2. The van der Waals surface area contributed by atoms with E-state index in [-0.39, 0.29) is 24.0 Å². The summed E-state index contributed by atoms with van der Waals surface area (Å²) in [6.45, 7) is 9.63. The Balaban J connectivity index is 0.00000484. The van der Waals surface area contributed by atoms with Gasteiger partial charge in [-0.2, -0.15) is 0 Å². The van der Waals surface area contributed by atoms with Gasteiger partial charge < -0.3 is 15.4 Å². The summed E-state index contributed by atoms with van der Waals surface area (Å²) in [4.78, 5) is 4.57. The molecule has 0 aliphatic heterocycles. The molecule has 0 bridgehead atoms. The predicted molar refractivity (Wildman–Crippen MR) is 110 cm³/mol. The van der Waals surface area contributed by atoms with Crippen molar-refractivity contribution in [2.75, 3.05) is 26.3 Å². The summed E-state index contributed by atoms with van der Waals surface area (Å²) in [6, 6.07) is 10.9. The number of rotatable bonds is 10. The van der Waals surface area contributed by atoms with E-state index >= 15 is 0 Å². The molecule has 23 heavy (non-hydrogen) atoms. The maximum Gasteiger partial charge on any atom is 0.191 e. The van der Waals surface area contributed by atoms with E-state index in [0.717, 1.165) is 51.5 Å². The Morgan fingerprint density at radius 2 is 1.91 bits per heavy atom. The van der Waals surface area contributed by atoms with Gasteiger partial charge >= 0.3 is 0 Å². The number of nitrogens with one attached hydrogen (secondary N) is 2. The summed E-state index contributed by atoms with van der Waals surface area (Å²) in [5.41, 5.74) is 1.33. The number of benzene rings is 1. The monoisotopic (exact) mass is 433 g/mol. The quantitative estimate of drug-likeness (QED) is 0.257. The maximum atomic E-state index is 5.67. The van der Waals surface area contributed by atoms with Crippen LogP contribution in [0.15, 0.2) is 35.3 Å². The molecule has 1 unspecified atom stereocenters. The van der Waals surface area contributed by atoms with Gasteiger partial charge in [-0.15, -0.1) is 24.0 Å². The van der Waals surface area contributed by atoms with Gasteiger partial charge in [0.25, 0.3) is 0 Å². The summed E-state index contributed by atoms with van der Waals surface area (Å²) in [7, 11) is 0. The minimum Gasteiger partial charge on any atom is -0.381 e. The lowest BCUT2D eigenvalue weighted by Gasteiger charge is -2.16. The minimum atomic E-state index is 0. The largest absolute Gasteiger partial charge is 0.381 e. The van der Waals surface area contributed by atoms with Crippen molar-refractivity contribution in [1.29, 1.82) is 0 Å². The highest BCUT2D eigenvalue weighted by Gasteiger charge is 2.01. The zero-order valence-corrected chi connectivity index (χ0v) is 17.0. The first kappa shape index (κ1) is 22.2. The minimum absolute atomic E-state index is 0. The fourth-order valence-electron chi connectivity index (χ4n) is 1.95. The fourth-order valence-corrected chi connectivity index (χ4v) is 1.95. The molecule has 2 N–H and O–H groups in total. The predicted octanol–water partition coefficient (Wildman–Crippen LogP) is 3.61. The lowest BCUT2D eigenvalue weighted by Crippen LogP contribution is -2.42. The van der Waals surface area contributed by atoms with Gasteiger partial charge in [-0.3, -0.25) is 4.99 Å². The molecule has 0 fully saturated rings. The summed E-state index contributed by atoms with van der Waals surface area (Å²) < 4.78 is 5.67. The second-order valence-electron chi connectivity index (χ2n) is 5.42. The summed E-state index contributed by atoms with van der Waals surface area (Å²) in [6.07, 6.45) is 3.02. The van der Waals surface area contributed by atoms with Gasteiger partial charge in [-0.25, -0.2) is 0 Å². The number of halogens is 1. The lowest BCUT2D eigenvalue weighted by molar-refractivity contribution is 0.136. The second kappa shape index (κ2) is 14.8.